The van der Waals surface area contributed by atoms with E-state index in [-0.39, 0.29) is 10.8 Å². The largest absolute Gasteiger partial charge is 0.294 e. The Hall–Kier alpha value is -1.32. The fourth-order valence-corrected chi connectivity index (χ4v) is 2.65. The van der Waals surface area contributed by atoms with Gasteiger partial charge < -0.3 is 0 Å². The van der Waals surface area contributed by atoms with Crippen LogP contribution in [0, 0.1) is 5.82 Å². The smallest absolute Gasteiger partial charge is 0.160 e. The topological polar surface area (TPSA) is 17.1 Å². The van der Waals surface area contributed by atoms with Crippen molar-refractivity contribution in [2.75, 3.05) is 0 Å². The third kappa shape index (κ3) is 2.92. The molecular weight excluding hydrogens is 271 g/mol. The molecule has 0 N–H and O–H groups in total. The zero-order chi connectivity index (χ0) is 13.1. The Labute approximate surface area is 114 Å². The average molecular weight is 281 g/mol. The van der Waals surface area contributed by atoms with Crippen LogP contribution in [-0.4, -0.2) is 5.78 Å². The van der Waals surface area contributed by atoms with Crippen molar-refractivity contribution >= 4 is 29.1 Å². The van der Waals surface area contributed by atoms with Gasteiger partial charge in [-0.2, -0.15) is 0 Å². The minimum Gasteiger partial charge on any atom is -0.294 e. The van der Waals surface area contributed by atoms with Crippen LogP contribution in [-0.2, 0) is 0 Å². The number of carbonyl (C=O) groups excluding carboxylic acids is 1. The second kappa shape index (κ2) is 5.55. The molecule has 92 valence electrons. The van der Waals surface area contributed by atoms with E-state index in [1.807, 2.05) is 18.2 Å². The van der Waals surface area contributed by atoms with Gasteiger partial charge in [-0.05, 0) is 31.2 Å². The summed E-state index contributed by atoms with van der Waals surface area (Å²) >= 11 is 6.97. The molecule has 0 spiro atoms. The first kappa shape index (κ1) is 13.1. The van der Waals surface area contributed by atoms with Gasteiger partial charge in [-0.3, -0.25) is 4.79 Å². The van der Waals surface area contributed by atoms with Crippen molar-refractivity contribution in [2.45, 2.75) is 16.7 Å². The van der Waals surface area contributed by atoms with Gasteiger partial charge >= 0.3 is 0 Å². The predicted octanol–water partition coefficient (Wildman–Crippen LogP) is 4.83. The van der Waals surface area contributed by atoms with Crippen LogP contribution < -0.4 is 0 Å². The van der Waals surface area contributed by atoms with Crippen LogP contribution in [0.5, 0.6) is 0 Å². The van der Waals surface area contributed by atoms with Gasteiger partial charge in [0.1, 0.15) is 5.82 Å². The molecule has 0 radical (unpaired) electrons. The van der Waals surface area contributed by atoms with Gasteiger partial charge in [0.15, 0.2) is 5.78 Å². The fraction of sp³-hybridized carbons (Fsp3) is 0.0714. The highest BCUT2D eigenvalue weighted by molar-refractivity contribution is 7.99. The molecule has 2 rings (SSSR count). The molecule has 2 aromatic rings. The SMILES string of the molecule is CC(=O)c1ccccc1Sc1ccc(Cl)c(F)c1. The van der Waals surface area contributed by atoms with Crippen molar-refractivity contribution in [3.63, 3.8) is 0 Å². The number of halogens is 2. The molecule has 0 heterocycles. The molecule has 0 saturated carbocycles. The lowest BCUT2D eigenvalue weighted by molar-refractivity contribution is 0.101. The number of Topliss-reactive ketones (excluding diaryl/α,β-unsaturated/α-hetero) is 1. The molecule has 0 aromatic heterocycles. The lowest BCUT2D eigenvalue weighted by Crippen LogP contribution is -1.94. The summed E-state index contributed by atoms with van der Waals surface area (Å²) in [5.74, 6) is -0.463. The van der Waals surface area contributed by atoms with Gasteiger partial charge in [-0.1, -0.05) is 41.6 Å². The van der Waals surface area contributed by atoms with Crippen LogP contribution in [0.15, 0.2) is 52.3 Å². The van der Waals surface area contributed by atoms with Crippen LogP contribution in [0.25, 0.3) is 0 Å². The van der Waals surface area contributed by atoms with Crippen LogP contribution in [0.1, 0.15) is 17.3 Å². The van der Waals surface area contributed by atoms with Gasteiger partial charge in [-0.25, -0.2) is 4.39 Å². The lowest BCUT2D eigenvalue weighted by Gasteiger charge is -2.06. The Balaban J connectivity index is 2.34. The van der Waals surface area contributed by atoms with Crippen molar-refractivity contribution < 1.29 is 9.18 Å². The maximum Gasteiger partial charge on any atom is 0.160 e. The van der Waals surface area contributed by atoms with Crippen molar-refractivity contribution in [1.82, 2.24) is 0 Å². The molecule has 0 atom stereocenters. The van der Waals surface area contributed by atoms with Crippen LogP contribution in [0.4, 0.5) is 4.39 Å². The minimum absolute atomic E-state index is 0.00691. The second-order valence-corrected chi connectivity index (χ2v) is 5.25. The summed E-state index contributed by atoms with van der Waals surface area (Å²) in [5.41, 5.74) is 0.637. The van der Waals surface area contributed by atoms with Crippen LogP contribution in [0.3, 0.4) is 0 Å². The minimum atomic E-state index is -0.457. The standard InChI is InChI=1S/C14H10ClFOS/c1-9(17)11-4-2-3-5-14(11)18-10-6-7-12(15)13(16)8-10/h2-8H,1H3. The molecule has 18 heavy (non-hydrogen) atoms. The predicted molar refractivity (Wildman–Crippen MR) is 72.0 cm³/mol. The summed E-state index contributed by atoms with van der Waals surface area (Å²) in [5, 5.41) is 0.0965. The Kier molecular flexibility index (Phi) is 4.04. The van der Waals surface area contributed by atoms with E-state index in [9.17, 15) is 9.18 Å². The molecule has 0 aliphatic heterocycles. The van der Waals surface area contributed by atoms with E-state index < -0.39 is 5.82 Å². The quantitative estimate of drug-likeness (QED) is 0.749. The lowest BCUT2D eigenvalue weighted by atomic mass is 10.1. The number of carbonyl (C=O) groups is 1. The number of rotatable bonds is 3. The first-order valence-corrected chi connectivity index (χ1v) is 6.50. The molecule has 4 heteroatoms. The highest BCUT2D eigenvalue weighted by atomic mass is 35.5. The Bertz CT molecular complexity index is 598. The van der Waals surface area contributed by atoms with Gasteiger partial charge in [-0.15, -0.1) is 0 Å². The first-order valence-electron chi connectivity index (χ1n) is 5.31. The zero-order valence-corrected chi connectivity index (χ0v) is 11.2. The van der Waals surface area contributed by atoms with Gasteiger partial charge in [0.25, 0.3) is 0 Å². The van der Waals surface area contributed by atoms with E-state index in [0.717, 1.165) is 4.90 Å². The average Bonchev–Trinajstić information content (AvgIpc) is 2.34. The van der Waals surface area contributed by atoms with E-state index in [4.69, 9.17) is 11.6 Å². The third-order valence-corrected chi connectivity index (χ3v) is 3.76. The maximum absolute atomic E-state index is 13.3. The molecule has 0 amide bonds. The van der Waals surface area contributed by atoms with E-state index in [2.05, 4.69) is 0 Å². The zero-order valence-electron chi connectivity index (χ0n) is 9.61. The fourth-order valence-electron chi connectivity index (χ4n) is 1.51. The van der Waals surface area contributed by atoms with Gasteiger partial charge in [0.05, 0.1) is 5.02 Å². The molecule has 1 nitrogen and oxygen atoms in total. The van der Waals surface area contributed by atoms with Crippen molar-refractivity contribution in [3.8, 4) is 0 Å². The molecular formula is C14H10ClFOS. The third-order valence-electron chi connectivity index (χ3n) is 2.39. The van der Waals surface area contributed by atoms with Crippen molar-refractivity contribution in [1.29, 1.82) is 0 Å². The highest BCUT2D eigenvalue weighted by Crippen LogP contribution is 2.32. The molecule has 0 aliphatic rings. The van der Waals surface area contributed by atoms with E-state index in [1.54, 1.807) is 12.1 Å². The summed E-state index contributed by atoms with van der Waals surface area (Å²) < 4.78 is 13.3. The maximum atomic E-state index is 13.3. The summed E-state index contributed by atoms with van der Waals surface area (Å²) in [6, 6.07) is 11.9. The Morgan fingerprint density at radius 1 is 1.22 bits per heavy atom. The summed E-state index contributed by atoms with van der Waals surface area (Å²) in [7, 11) is 0. The second-order valence-electron chi connectivity index (χ2n) is 3.73. The highest BCUT2D eigenvalue weighted by Gasteiger charge is 2.09. The summed E-state index contributed by atoms with van der Waals surface area (Å²) in [4.78, 5) is 13.0. The Morgan fingerprint density at radius 3 is 2.61 bits per heavy atom. The summed E-state index contributed by atoms with van der Waals surface area (Å²) in [6.07, 6.45) is 0. The monoisotopic (exact) mass is 280 g/mol. The van der Waals surface area contributed by atoms with Crippen molar-refractivity contribution in [2.24, 2.45) is 0 Å². The molecule has 2 aromatic carbocycles. The number of ketones is 1. The molecule has 0 unspecified atom stereocenters. The molecule has 0 saturated heterocycles. The van der Waals surface area contributed by atoms with E-state index in [1.165, 1.54) is 30.8 Å². The molecule has 0 bridgehead atoms. The van der Waals surface area contributed by atoms with Crippen LogP contribution >= 0.6 is 23.4 Å². The van der Waals surface area contributed by atoms with Gasteiger partial charge in [0.2, 0.25) is 0 Å². The van der Waals surface area contributed by atoms with E-state index in [0.29, 0.717) is 10.5 Å². The number of hydrogen-bond donors (Lipinski definition) is 0. The molecule has 0 fully saturated rings. The van der Waals surface area contributed by atoms with Crippen molar-refractivity contribution in [3.05, 3.63) is 58.9 Å². The van der Waals surface area contributed by atoms with Gasteiger partial charge in [0, 0.05) is 15.4 Å². The number of hydrogen-bond acceptors (Lipinski definition) is 2. The van der Waals surface area contributed by atoms with E-state index >= 15 is 0 Å². The summed E-state index contributed by atoms with van der Waals surface area (Å²) in [6.45, 7) is 1.52. The van der Waals surface area contributed by atoms with Crippen LogP contribution in [0.2, 0.25) is 5.02 Å². The number of benzene rings is 2. The normalized spacial score (nSPS) is 10.4. The molecule has 0 aliphatic carbocycles. The Morgan fingerprint density at radius 2 is 1.94 bits per heavy atom. The first-order chi connectivity index (χ1) is 8.58.